The molecular weight excluding hydrogens is 250 g/mol. The van der Waals surface area contributed by atoms with E-state index in [1.807, 2.05) is 0 Å². The van der Waals surface area contributed by atoms with Crippen LogP contribution in [0, 0.1) is 11.3 Å². The van der Waals surface area contributed by atoms with Gasteiger partial charge in [0.2, 0.25) is 0 Å². The number of aromatic hydroxyl groups is 2. The second kappa shape index (κ2) is 5.94. The van der Waals surface area contributed by atoms with Gasteiger partial charge in [-0.15, -0.1) is 6.58 Å². The molecule has 2 aromatic rings. The highest BCUT2D eigenvalue weighted by Crippen LogP contribution is 2.34. The molecule has 0 saturated carbocycles. The fraction of sp³-hybridized carbons (Fsp3) is 0.118. The Labute approximate surface area is 118 Å². The molecule has 3 nitrogen and oxygen atoms in total. The highest BCUT2D eigenvalue weighted by molar-refractivity contribution is 5.39. The van der Waals surface area contributed by atoms with Crippen LogP contribution < -0.4 is 0 Å². The van der Waals surface area contributed by atoms with Gasteiger partial charge < -0.3 is 10.2 Å². The molecule has 0 fully saturated rings. The molecule has 2 N–H and O–H groups in total. The zero-order valence-electron chi connectivity index (χ0n) is 10.9. The van der Waals surface area contributed by atoms with Gasteiger partial charge in [0, 0.05) is 5.92 Å². The zero-order valence-corrected chi connectivity index (χ0v) is 10.9. The van der Waals surface area contributed by atoms with E-state index in [-0.39, 0.29) is 17.4 Å². The Bertz CT molecular complexity index is 624. The van der Waals surface area contributed by atoms with Crippen molar-refractivity contribution in [2.45, 2.75) is 11.8 Å². The highest BCUT2D eigenvalue weighted by Gasteiger charge is 2.22. The number of nitriles is 1. The van der Waals surface area contributed by atoms with E-state index >= 15 is 0 Å². The van der Waals surface area contributed by atoms with Crippen molar-refractivity contribution in [1.82, 2.24) is 0 Å². The molecule has 0 aliphatic rings. The third-order valence-electron chi connectivity index (χ3n) is 3.28. The van der Waals surface area contributed by atoms with Gasteiger partial charge in [-0.25, -0.2) is 0 Å². The van der Waals surface area contributed by atoms with Crippen molar-refractivity contribution in [2.24, 2.45) is 0 Å². The van der Waals surface area contributed by atoms with E-state index in [0.717, 1.165) is 11.1 Å². The molecule has 0 amide bonds. The molecule has 0 bridgehead atoms. The van der Waals surface area contributed by atoms with Crippen molar-refractivity contribution in [2.75, 3.05) is 0 Å². The summed E-state index contributed by atoms with van der Waals surface area (Å²) < 4.78 is 0. The Morgan fingerprint density at radius 1 is 0.900 bits per heavy atom. The molecule has 0 aromatic heterocycles. The lowest BCUT2D eigenvalue weighted by Crippen LogP contribution is -2.07. The molecule has 2 atom stereocenters. The van der Waals surface area contributed by atoms with Crippen LogP contribution in [-0.4, -0.2) is 10.2 Å². The van der Waals surface area contributed by atoms with Gasteiger partial charge in [0.15, 0.2) is 0 Å². The number of hydrogen-bond donors (Lipinski definition) is 2. The maximum atomic E-state index is 9.46. The largest absolute Gasteiger partial charge is 0.508 e. The quantitative estimate of drug-likeness (QED) is 0.829. The van der Waals surface area contributed by atoms with Crippen molar-refractivity contribution >= 4 is 0 Å². The van der Waals surface area contributed by atoms with Crippen LogP contribution in [-0.2, 0) is 0 Å². The van der Waals surface area contributed by atoms with Crippen LogP contribution in [0.5, 0.6) is 11.5 Å². The predicted molar refractivity (Wildman–Crippen MR) is 77.5 cm³/mol. The fourth-order valence-electron chi connectivity index (χ4n) is 2.20. The van der Waals surface area contributed by atoms with Crippen LogP contribution in [0.25, 0.3) is 0 Å². The maximum absolute atomic E-state index is 9.46. The molecule has 0 heterocycles. The van der Waals surface area contributed by atoms with Crippen molar-refractivity contribution < 1.29 is 10.2 Å². The smallest absolute Gasteiger partial charge is 0.115 e. The van der Waals surface area contributed by atoms with Gasteiger partial charge in [-0.05, 0) is 35.4 Å². The third-order valence-corrected chi connectivity index (χ3v) is 3.28. The number of rotatable bonds is 4. The van der Waals surface area contributed by atoms with Crippen LogP contribution >= 0.6 is 0 Å². The third kappa shape index (κ3) is 2.81. The molecule has 2 aromatic carbocycles. The Morgan fingerprint density at radius 3 is 1.75 bits per heavy atom. The Hall–Kier alpha value is -2.73. The van der Waals surface area contributed by atoms with Gasteiger partial charge in [0.25, 0.3) is 0 Å². The first-order chi connectivity index (χ1) is 9.65. The number of allylic oxidation sites excluding steroid dienone is 1. The molecule has 0 aliphatic heterocycles. The zero-order chi connectivity index (χ0) is 14.5. The number of phenolic OH excluding ortho intramolecular Hbond substituents is 2. The van der Waals surface area contributed by atoms with Crippen molar-refractivity contribution in [3.8, 4) is 17.6 Å². The number of hydrogen-bond acceptors (Lipinski definition) is 3. The monoisotopic (exact) mass is 265 g/mol. The number of benzene rings is 2. The van der Waals surface area contributed by atoms with Gasteiger partial charge in [-0.3, -0.25) is 0 Å². The second-order valence-corrected chi connectivity index (χ2v) is 4.55. The van der Waals surface area contributed by atoms with E-state index in [4.69, 9.17) is 0 Å². The first kappa shape index (κ1) is 13.7. The van der Waals surface area contributed by atoms with E-state index in [9.17, 15) is 15.5 Å². The summed E-state index contributed by atoms with van der Waals surface area (Å²) in [5, 5.41) is 28.1. The molecule has 0 saturated heterocycles. The minimum Gasteiger partial charge on any atom is -0.508 e. The minimum absolute atomic E-state index is 0.172. The number of phenols is 2. The van der Waals surface area contributed by atoms with Gasteiger partial charge in [0.05, 0.1) is 12.0 Å². The van der Waals surface area contributed by atoms with E-state index in [1.165, 1.54) is 0 Å². The number of nitrogens with zero attached hydrogens (tertiary/aromatic N) is 1. The summed E-state index contributed by atoms with van der Waals surface area (Å²) in [6, 6.07) is 15.6. The lowest BCUT2D eigenvalue weighted by Gasteiger charge is -2.19. The molecule has 0 unspecified atom stereocenters. The van der Waals surface area contributed by atoms with Gasteiger partial charge in [-0.1, -0.05) is 30.3 Å². The fourth-order valence-corrected chi connectivity index (χ4v) is 2.20. The molecule has 100 valence electrons. The molecule has 0 spiro atoms. The molecular formula is C17H15NO2. The summed E-state index contributed by atoms with van der Waals surface area (Å²) in [4.78, 5) is 0. The SMILES string of the molecule is C=C[C@H](c1ccc(O)cc1)[C@@H](C#N)c1ccc(O)cc1. The van der Waals surface area contributed by atoms with Gasteiger partial charge in [-0.2, -0.15) is 5.26 Å². The molecule has 2 rings (SSSR count). The van der Waals surface area contributed by atoms with Gasteiger partial charge >= 0.3 is 0 Å². The average Bonchev–Trinajstić information content (AvgIpc) is 2.47. The Morgan fingerprint density at radius 2 is 1.35 bits per heavy atom. The summed E-state index contributed by atoms with van der Waals surface area (Å²) in [7, 11) is 0. The van der Waals surface area contributed by atoms with Crippen molar-refractivity contribution in [1.29, 1.82) is 5.26 Å². The van der Waals surface area contributed by atoms with Crippen molar-refractivity contribution in [3.05, 3.63) is 72.3 Å². The van der Waals surface area contributed by atoms with Crippen LogP contribution in [0.4, 0.5) is 0 Å². The maximum Gasteiger partial charge on any atom is 0.115 e. The van der Waals surface area contributed by atoms with E-state index < -0.39 is 5.92 Å². The summed E-state index contributed by atoms with van der Waals surface area (Å²) in [6.07, 6.45) is 1.73. The van der Waals surface area contributed by atoms with Crippen LogP contribution in [0.3, 0.4) is 0 Å². The van der Waals surface area contributed by atoms with Crippen LogP contribution in [0.1, 0.15) is 23.0 Å². The Kier molecular flexibility index (Phi) is 4.07. The average molecular weight is 265 g/mol. The van der Waals surface area contributed by atoms with E-state index in [0.29, 0.717) is 0 Å². The second-order valence-electron chi connectivity index (χ2n) is 4.55. The minimum atomic E-state index is -0.391. The van der Waals surface area contributed by atoms with E-state index in [1.54, 1.807) is 54.6 Å². The van der Waals surface area contributed by atoms with Crippen LogP contribution in [0.2, 0.25) is 0 Å². The van der Waals surface area contributed by atoms with Gasteiger partial charge in [0.1, 0.15) is 11.5 Å². The highest BCUT2D eigenvalue weighted by atomic mass is 16.3. The molecule has 0 aliphatic carbocycles. The first-order valence-electron chi connectivity index (χ1n) is 6.25. The molecule has 3 heteroatoms. The summed E-state index contributed by atoms with van der Waals surface area (Å²) in [5.41, 5.74) is 1.74. The summed E-state index contributed by atoms with van der Waals surface area (Å²) >= 11 is 0. The summed E-state index contributed by atoms with van der Waals surface area (Å²) in [6.45, 7) is 3.81. The van der Waals surface area contributed by atoms with Crippen molar-refractivity contribution in [3.63, 3.8) is 0 Å². The van der Waals surface area contributed by atoms with Crippen LogP contribution in [0.15, 0.2) is 61.2 Å². The normalized spacial score (nSPS) is 13.2. The Balaban J connectivity index is 2.38. The first-order valence-corrected chi connectivity index (χ1v) is 6.25. The lowest BCUT2D eigenvalue weighted by atomic mass is 9.82. The standard InChI is InChI=1S/C17H15NO2/c1-2-16(12-3-7-14(19)8-4-12)17(11-18)13-5-9-15(20)10-6-13/h2-10,16-17,19-20H,1H2/t16-,17+/m1/s1. The lowest BCUT2D eigenvalue weighted by molar-refractivity contribution is 0.474. The summed E-state index contributed by atoms with van der Waals surface area (Å²) in [5.74, 6) is -0.206. The predicted octanol–water partition coefficient (Wildman–Crippen LogP) is 3.67. The molecule has 20 heavy (non-hydrogen) atoms. The van der Waals surface area contributed by atoms with E-state index in [2.05, 4.69) is 12.6 Å². The molecule has 0 radical (unpaired) electrons. The topological polar surface area (TPSA) is 64.2 Å².